The Morgan fingerprint density at radius 1 is 1.26 bits per heavy atom. The van der Waals surface area contributed by atoms with Gasteiger partial charge in [0, 0.05) is 11.5 Å². The van der Waals surface area contributed by atoms with Gasteiger partial charge in [0.2, 0.25) is 5.91 Å². The second kappa shape index (κ2) is 5.35. The van der Waals surface area contributed by atoms with Crippen LogP contribution in [0, 0.1) is 17.2 Å². The number of hydrogen-bond acceptors (Lipinski definition) is 3. The number of nitrogens with zero attached hydrogens (tertiary/aromatic N) is 2. The molecule has 4 rings (SSSR count). The molecule has 0 bridgehead atoms. The van der Waals surface area contributed by atoms with E-state index in [4.69, 9.17) is 5.73 Å². The van der Waals surface area contributed by atoms with E-state index in [9.17, 15) is 10.1 Å². The van der Waals surface area contributed by atoms with Gasteiger partial charge in [0.25, 0.3) is 0 Å². The number of likely N-dealkylation sites (tertiary alicyclic amines) is 1. The molecule has 2 N–H and O–H groups in total. The van der Waals surface area contributed by atoms with Crippen LogP contribution in [0.2, 0.25) is 0 Å². The van der Waals surface area contributed by atoms with Crippen molar-refractivity contribution >= 4 is 5.91 Å². The van der Waals surface area contributed by atoms with E-state index in [1.54, 1.807) is 0 Å². The summed E-state index contributed by atoms with van der Waals surface area (Å²) >= 11 is 0. The van der Waals surface area contributed by atoms with Gasteiger partial charge in [-0.05, 0) is 37.2 Å². The van der Waals surface area contributed by atoms with Crippen LogP contribution >= 0.6 is 0 Å². The topological polar surface area (TPSA) is 70.1 Å². The Labute approximate surface area is 137 Å². The number of nitrogens with two attached hydrogens (primary N) is 1. The molecule has 4 nitrogen and oxygen atoms in total. The van der Waals surface area contributed by atoms with E-state index in [0.29, 0.717) is 5.92 Å². The van der Waals surface area contributed by atoms with Crippen molar-refractivity contribution < 1.29 is 4.79 Å². The van der Waals surface area contributed by atoms with Crippen molar-refractivity contribution in [2.45, 2.75) is 62.1 Å². The first-order valence-electron chi connectivity index (χ1n) is 8.70. The molecular weight excluding hydrogens is 286 g/mol. The molecule has 0 spiro atoms. The Bertz CT molecular complexity index is 644. The Morgan fingerprint density at radius 3 is 2.61 bits per heavy atom. The molecule has 0 aromatic heterocycles. The van der Waals surface area contributed by atoms with E-state index in [-0.39, 0.29) is 23.4 Å². The molecule has 1 aromatic carbocycles. The number of nitriles is 1. The fraction of sp³-hybridized carbons (Fsp3) is 0.579. The highest BCUT2D eigenvalue weighted by atomic mass is 16.2. The van der Waals surface area contributed by atoms with Crippen molar-refractivity contribution in [3.63, 3.8) is 0 Å². The molecule has 0 radical (unpaired) electrons. The summed E-state index contributed by atoms with van der Waals surface area (Å²) in [5.41, 5.74) is 7.49. The zero-order valence-electron chi connectivity index (χ0n) is 13.3. The third kappa shape index (κ3) is 2.18. The van der Waals surface area contributed by atoms with Crippen LogP contribution < -0.4 is 5.73 Å². The van der Waals surface area contributed by atoms with Crippen molar-refractivity contribution in [2.24, 2.45) is 11.7 Å². The number of rotatable bonds is 3. The predicted octanol–water partition coefficient (Wildman–Crippen LogP) is 2.34. The van der Waals surface area contributed by atoms with Crippen molar-refractivity contribution in [2.75, 3.05) is 0 Å². The molecule has 1 amide bonds. The smallest absolute Gasteiger partial charge is 0.241 e. The summed E-state index contributed by atoms with van der Waals surface area (Å²) in [5, 5.41) is 9.37. The van der Waals surface area contributed by atoms with Gasteiger partial charge in [0.05, 0.1) is 12.1 Å². The molecule has 1 aliphatic heterocycles. The normalized spacial score (nSPS) is 32.2. The molecule has 1 aromatic rings. The third-order valence-corrected chi connectivity index (χ3v) is 6.21. The molecule has 23 heavy (non-hydrogen) atoms. The molecule has 3 fully saturated rings. The van der Waals surface area contributed by atoms with Crippen LogP contribution in [0.25, 0.3) is 0 Å². The number of carbonyl (C=O) groups excluding carboxylic acids is 1. The van der Waals surface area contributed by atoms with Gasteiger partial charge in [-0.2, -0.15) is 5.26 Å². The van der Waals surface area contributed by atoms with Gasteiger partial charge >= 0.3 is 0 Å². The highest BCUT2D eigenvalue weighted by Gasteiger charge is 2.57. The maximum absolute atomic E-state index is 13.2. The van der Waals surface area contributed by atoms with E-state index in [1.807, 2.05) is 23.1 Å². The summed E-state index contributed by atoms with van der Waals surface area (Å²) in [6.45, 7) is 0. The maximum atomic E-state index is 13.2. The first kappa shape index (κ1) is 14.7. The van der Waals surface area contributed by atoms with Crippen LogP contribution in [0.1, 0.15) is 44.1 Å². The number of amides is 1. The van der Waals surface area contributed by atoms with Crippen molar-refractivity contribution in [3.8, 4) is 6.07 Å². The lowest BCUT2D eigenvalue weighted by Gasteiger charge is -2.38. The van der Waals surface area contributed by atoms with Crippen LogP contribution in [0.4, 0.5) is 0 Å². The summed E-state index contributed by atoms with van der Waals surface area (Å²) in [7, 11) is 0. The Hall–Kier alpha value is -1.86. The SMILES string of the molecule is N#C[C@@H]1C[C@@H]2CC2N1C(=O)[C@@H](N)C1(c2ccccc2)CCCC1. The molecular formula is C19H23N3O. The zero-order chi connectivity index (χ0) is 16.0. The van der Waals surface area contributed by atoms with Crippen LogP contribution in [0.15, 0.2) is 30.3 Å². The van der Waals surface area contributed by atoms with Crippen LogP contribution in [-0.2, 0) is 10.2 Å². The van der Waals surface area contributed by atoms with Gasteiger partial charge in [-0.1, -0.05) is 43.2 Å². The number of carbonyl (C=O) groups is 1. The largest absolute Gasteiger partial charge is 0.322 e. The molecule has 4 atom stereocenters. The van der Waals surface area contributed by atoms with E-state index < -0.39 is 6.04 Å². The highest BCUT2D eigenvalue weighted by molar-refractivity contribution is 5.85. The molecule has 2 aliphatic carbocycles. The Morgan fingerprint density at radius 2 is 1.96 bits per heavy atom. The molecule has 3 aliphatic rings. The minimum Gasteiger partial charge on any atom is -0.322 e. The zero-order valence-corrected chi connectivity index (χ0v) is 13.3. The molecule has 1 heterocycles. The monoisotopic (exact) mass is 309 g/mol. The van der Waals surface area contributed by atoms with Crippen LogP contribution in [0.3, 0.4) is 0 Å². The van der Waals surface area contributed by atoms with Gasteiger partial charge in [0.15, 0.2) is 0 Å². The Balaban J connectivity index is 1.65. The van der Waals surface area contributed by atoms with Gasteiger partial charge in [-0.25, -0.2) is 0 Å². The van der Waals surface area contributed by atoms with E-state index >= 15 is 0 Å². The standard InChI is InChI=1S/C19H23N3O/c20-12-15-10-13-11-16(13)22(15)18(23)17(21)19(8-4-5-9-19)14-6-2-1-3-7-14/h1-3,6-7,13,15-17H,4-5,8-11,21H2/t13-,15+,16?,17-/m1/s1. The van der Waals surface area contributed by atoms with Gasteiger partial charge in [-0.3, -0.25) is 4.79 Å². The summed E-state index contributed by atoms with van der Waals surface area (Å²) in [6.07, 6.45) is 6.03. The molecule has 1 unspecified atom stereocenters. The van der Waals surface area contributed by atoms with Crippen molar-refractivity contribution in [3.05, 3.63) is 35.9 Å². The van der Waals surface area contributed by atoms with Crippen molar-refractivity contribution in [1.29, 1.82) is 5.26 Å². The lowest BCUT2D eigenvalue weighted by molar-refractivity contribution is -0.135. The molecule has 4 heteroatoms. The first-order chi connectivity index (χ1) is 11.2. The fourth-order valence-corrected chi connectivity index (χ4v) is 4.84. The second-order valence-electron chi connectivity index (χ2n) is 7.40. The number of benzene rings is 1. The average Bonchev–Trinajstić information content (AvgIpc) is 3.03. The van der Waals surface area contributed by atoms with Gasteiger partial charge in [0.1, 0.15) is 6.04 Å². The van der Waals surface area contributed by atoms with Gasteiger partial charge < -0.3 is 10.6 Å². The lowest BCUT2D eigenvalue weighted by atomic mass is 9.72. The number of hydrogen-bond donors (Lipinski definition) is 1. The predicted molar refractivity (Wildman–Crippen MR) is 87.3 cm³/mol. The number of piperidine rings is 1. The minimum absolute atomic E-state index is 0.00713. The second-order valence-corrected chi connectivity index (χ2v) is 7.40. The molecule has 2 saturated carbocycles. The van der Waals surface area contributed by atoms with Crippen LogP contribution in [0.5, 0.6) is 0 Å². The molecule has 120 valence electrons. The van der Waals surface area contributed by atoms with E-state index in [2.05, 4.69) is 18.2 Å². The maximum Gasteiger partial charge on any atom is 0.241 e. The minimum atomic E-state index is -0.539. The number of fused-ring (bicyclic) bond motifs is 1. The van der Waals surface area contributed by atoms with E-state index in [0.717, 1.165) is 38.5 Å². The molecule has 1 saturated heterocycles. The lowest BCUT2D eigenvalue weighted by Crippen LogP contribution is -2.56. The Kier molecular flexibility index (Phi) is 3.42. The summed E-state index contributed by atoms with van der Waals surface area (Å²) in [4.78, 5) is 15.0. The summed E-state index contributed by atoms with van der Waals surface area (Å²) in [6, 6.07) is 12.0. The quantitative estimate of drug-likeness (QED) is 0.931. The van der Waals surface area contributed by atoms with Crippen LogP contribution in [-0.4, -0.2) is 28.9 Å². The average molecular weight is 309 g/mol. The summed E-state index contributed by atoms with van der Waals surface area (Å²) < 4.78 is 0. The highest BCUT2D eigenvalue weighted by Crippen LogP contribution is 2.50. The van der Waals surface area contributed by atoms with E-state index in [1.165, 1.54) is 5.56 Å². The summed E-state index contributed by atoms with van der Waals surface area (Å²) in [5.74, 6) is 0.527. The van der Waals surface area contributed by atoms with Crippen molar-refractivity contribution in [1.82, 2.24) is 4.90 Å². The first-order valence-corrected chi connectivity index (χ1v) is 8.70. The fourth-order valence-electron chi connectivity index (χ4n) is 4.84. The van der Waals surface area contributed by atoms with Gasteiger partial charge in [-0.15, -0.1) is 0 Å². The third-order valence-electron chi connectivity index (χ3n) is 6.21.